The number of aliphatic carboxylic acids is 3. The number of hydrogen-bond acceptors (Lipinski definition) is 8. The first-order valence-electron chi connectivity index (χ1n) is 9.98. The van der Waals surface area contributed by atoms with Crippen LogP contribution in [0.2, 0.25) is 0 Å². The Balaban J connectivity index is 2.20. The van der Waals surface area contributed by atoms with Crippen LogP contribution in [0.4, 0.5) is 0 Å². The molecule has 1 aliphatic rings. The molecule has 0 unspecified atom stereocenters. The Labute approximate surface area is 180 Å². The maximum atomic E-state index is 11.3. The first-order valence-corrected chi connectivity index (χ1v) is 9.98. The fourth-order valence-corrected chi connectivity index (χ4v) is 3.22. The Hall–Kier alpha value is -3.18. The van der Waals surface area contributed by atoms with Crippen molar-refractivity contribution in [3.05, 3.63) is 42.5 Å². The van der Waals surface area contributed by atoms with Crippen LogP contribution in [0.5, 0.6) is 0 Å². The van der Waals surface area contributed by atoms with Gasteiger partial charge in [-0.1, -0.05) is 6.07 Å². The zero-order valence-electron chi connectivity index (χ0n) is 17.3. The second-order valence-corrected chi connectivity index (χ2v) is 7.29. The maximum absolute atomic E-state index is 11.3. The highest BCUT2D eigenvalue weighted by Crippen LogP contribution is 2.05. The number of rotatable bonds is 8. The number of pyridine rings is 1. The smallest absolute Gasteiger partial charge is 0.323 e. The molecule has 0 saturated heterocycles. The van der Waals surface area contributed by atoms with Gasteiger partial charge >= 0.3 is 17.9 Å². The van der Waals surface area contributed by atoms with Crippen molar-refractivity contribution in [1.29, 1.82) is 0 Å². The normalized spacial score (nSPS) is 18.1. The lowest BCUT2D eigenvalue weighted by Gasteiger charge is -2.31. The average molecular weight is 435 g/mol. The Morgan fingerprint density at radius 1 is 0.742 bits per heavy atom. The van der Waals surface area contributed by atoms with E-state index in [0.29, 0.717) is 45.8 Å². The largest absolute Gasteiger partial charge is 0.480 e. The molecule has 11 heteroatoms. The third kappa shape index (κ3) is 9.92. The minimum Gasteiger partial charge on any atom is -0.480 e. The second kappa shape index (κ2) is 12.5. The summed E-state index contributed by atoms with van der Waals surface area (Å²) in [6.07, 6.45) is 4.85. The molecule has 0 fully saturated rings. The van der Waals surface area contributed by atoms with Crippen molar-refractivity contribution in [1.82, 2.24) is 24.6 Å². The summed E-state index contributed by atoms with van der Waals surface area (Å²) in [6.45, 7) is 2.59. The summed E-state index contributed by atoms with van der Waals surface area (Å²) in [5.41, 5.74) is 0.868. The average Bonchev–Trinajstić information content (AvgIpc) is 2.69. The number of aromatic nitrogens is 1. The molecule has 1 aliphatic heterocycles. The van der Waals surface area contributed by atoms with Crippen LogP contribution in [0.1, 0.15) is 5.69 Å². The third-order valence-corrected chi connectivity index (χ3v) is 4.77. The van der Waals surface area contributed by atoms with Gasteiger partial charge < -0.3 is 25.1 Å². The molecule has 0 radical (unpaired) electrons. The van der Waals surface area contributed by atoms with Gasteiger partial charge in [-0.2, -0.15) is 0 Å². The van der Waals surface area contributed by atoms with E-state index in [-0.39, 0.29) is 19.6 Å². The van der Waals surface area contributed by atoms with Gasteiger partial charge in [0.05, 0.1) is 12.2 Å². The van der Waals surface area contributed by atoms with Crippen molar-refractivity contribution in [3.63, 3.8) is 0 Å². The van der Waals surface area contributed by atoms with Gasteiger partial charge in [0, 0.05) is 64.4 Å². The fraction of sp³-hybridized carbons (Fsp3) is 0.500. The fourth-order valence-electron chi connectivity index (χ4n) is 3.22. The van der Waals surface area contributed by atoms with Crippen molar-refractivity contribution in [2.45, 2.75) is 6.54 Å². The first-order chi connectivity index (χ1) is 14.8. The van der Waals surface area contributed by atoms with Crippen LogP contribution in [-0.2, 0) is 20.9 Å². The molecule has 31 heavy (non-hydrogen) atoms. The lowest BCUT2D eigenvalue weighted by atomic mass is 10.3. The quantitative estimate of drug-likeness (QED) is 0.488. The van der Waals surface area contributed by atoms with E-state index in [1.54, 1.807) is 33.3 Å². The number of nitrogens with zero attached hydrogens (tertiary/aromatic N) is 5. The van der Waals surface area contributed by atoms with Crippen LogP contribution in [-0.4, -0.2) is 117 Å². The summed E-state index contributed by atoms with van der Waals surface area (Å²) in [6, 6.07) is 5.63. The standard InChI is InChI=1S/C20H29N5O6/c26-18(27)14-23-7-5-22(13-17-3-1-2-4-21-17)6-8-24(15-19(28)29)10-12-25(11-9-23)16-20(30)31/h1-4,9,11H,5-8,10,12-16H2,(H,26,27)(H,28,29)(H,30,31)/b11-9-. The van der Waals surface area contributed by atoms with Gasteiger partial charge in [0.15, 0.2) is 0 Å². The van der Waals surface area contributed by atoms with E-state index in [4.69, 9.17) is 5.11 Å². The van der Waals surface area contributed by atoms with E-state index in [1.165, 1.54) is 0 Å². The topological polar surface area (TPSA) is 138 Å². The molecule has 0 spiro atoms. The zero-order valence-corrected chi connectivity index (χ0v) is 17.3. The predicted molar refractivity (Wildman–Crippen MR) is 111 cm³/mol. The van der Waals surface area contributed by atoms with Crippen molar-refractivity contribution >= 4 is 17.9 Å². The van der Waals surface area contributed by atoms with E-state index in [1.807, 2.05) is 18.2 Å². The van der Waals surface area contributed by atoms with Gasteiger partial charge in [0.1, 0.15) is 13.1 Å². The first kappa shape index (κ1) is 24.1. The number of hydrogen-bond donors (Lipinski definition) is 3. The van der Waals surface area contributed by atoms with E-state index in [9.17, 15) is 24.6 Å². The Kier molecular flexibility index (Phi) is 9.72. The van der Waals surface area contributed by atoms with E-state index < -0.39 is 17.9 Å². The summed E-state index contributed by atoms with van der Waals surface area (Å²) in [5, 5.41) is 27.6. The SMILES string of the molecule is O=C(O)CN1/C=C\N(CC(=O)O)CCN(Cc2ccccn2)CCN(CC(=O)O)CC1. The highest BCUT2D eigenvalue weighted by Gasteiger charge is 2.17. The second-order valence-electron chi connectivity index (χ2n) is 7.29. The van der Waals surface area contributed by atoms with Crippen molar-refractivity contribution in [3.8, 4) is 0 Å². The Morgan fingerprint density at radius 3 is 1.77 bits per heavy atom. The summed E-state index contributed by atoms with van der Waals surface area (Å²) in [5.74, 6) is -2.95. The molecule has 0 aliphatic carbocycles. The van der Waals surface area contributed by atoms with Crippen molar-refractivity contribution in [2.75, 3.05) is 58.9 Å². The highest BCUT2D eigenvalue weighted by atomic mass is 16.4. The molecule has 11 nitrogen and oxygen atoms in total. The van der Waals surface area contributed by atoms with Gasteiger partial charge in [-0.25, -0.2) is 0 Å². The zero-order chi connectivity index (χ0) is 22.6. The van der Waals surface area contributed by atoms with Gasteiger partial charge in [0.2, 0.25) is 0 Å². The number of carbonyl (C=O) groups is 3. The summed E-state index contributed by atoms with van der Waals surface area (Å²) in [4.78, 5) is 45.1. The Morgan fingerprint density at radius 2 is 1.26 bits per heavy atom. The predicted octanol–water partition coefficient (Wildman–Crippen LogP) is -0.472. The van der Waals surface area contributed by atoms with E-state index in [2.05, 4.69) is 9.88 Å². The van der Waals surface area contributed by atoms with Gasteiger partial charge in [-0.15, -0.1) is 0 Å². The van der Waals surface area contributed by atoms with Crippen LogP contribution < -0.4 is 0 Å². The highest BCUT2D eigenvalue weighted by molar-refractivity contribution is 5.70. The molecule has 1 aromatic rings. The molecular formula is C20H29N5O6. The maximum Gasteiger partial charge on any atom is 0.323 e. The van der Waals surface area contributed by atoms with Crippen LogP contribution >= 0.6 is 0 Å². The Bertz CT molecular complexity index is 760. The molecule has 0 bridgehead atoms. The van der Waals surface area contributed by atoms with Crippen LogP contribution in [0.25, 0.3) is 0 Å². The monoisotopic (exact) mass is 435 g/mol. The molecule has 0 aromatic carbocycles. The van der Waals surface area contributed by atoms with Crippen LogP contribution in [0, 0.1) is 0 Å². The summed E-state index contributed by atoms with van der Waals surface area (Å²) >= 11 is 0. The van der Waals surface area contributed by atoms with Crippen LogP contribution in [0.3, 0.4) is 0 Å². The minimum absolute atomic E-state index is 0.146. The molecule has 170 valence electrons. The third-order valence-electron chi connectivity index (χ3n) is 4.77. The molecule has 0 atom stereocenters. The van der Waals surface area contributed by atoms with Crippen molar-refractivity contribution < 1.29 is 29.7 Å². The lowest BCUT2D eigenvalue weighted by molar-refractivity contribution is -0.139. The molecule has 0 amide bonds. The molecule has 0 saturated carbocycles. The lowest BCUT2D eigenvalue weighted by Crippen LogP contribution is -2.44. The van der Waals surface area contributed by atoms with Gasteiger partial charge in [-0.05, 0) is 12.1 Å². The number of carboxylic acid groups (broad SMARTS) is 3. The van der Waals surface area contributed by atoms with E-state index >= 15 is 0 Å². The van der Waals surface area contributed by atoms with Crippen LogP contribution in [0.15, 0.2) is 36.8 Å². The summed E-state index contributed by atoms with van der Waals surface area (Å²) < 4.78 is 0. The molecule has 2 rings (SSSR count). The minimum atomic E-state index is -1.02. The van der Waals surface area contributed by atoms with Gasteiger partial charge in [0.25, 0.3) is 0 Å². The molecular weight excluding hydrogens is 406 g/mol. The van der Waals surface area contributed by atoms with E-state index in [0.717, 1.165) is 5.69 Å². The molecule has 2 heterocycles. The number of carboxylic acids is 3. The molecule has 3 N–H and O–H groups in total. The molecule has 1 aromatic heterocycles. The summed E-state index contributed by atoms with van der Waals surface area (Å²) in [7, 11) is 0. The van der Waals surface area contributed by atoms with Crippen molar-refractivity contribution in [2.24, 2.45) is 0 Å². The van der Waals surface area contributed by atoms with Gasteiger partial charge in [-0.3, -0.25) is 29.2 Å².